The highest BCUT2D eigenvalue weighted by atomic mass is 16.3. The first-order chi connectivity index (χ1) is 9.38. The molecule has 0 amide bonds. The van der Waals surface area contributed by atoms with Gasteiger partial charge in [-0.15, -0.1) is 0 Å². The molecule has 0 aliphatic carbocycles. The summed E-state index contributed by atoms with van der Waals surface area (Å²) in [7, 11) is 0. The van der Waals surface area contributed by atoms with Crippen LogP contribution < -0.4 is 0 Å². The van der Waals surface area contributed by atoms with Crippen LogP contribution >= 0.6 is 0 Å². The molecule has 2 aromatic carbocycles. The number of benzene rings is 2. The second-order valence-corrected chi connectivity index (χ2v) is 3.88. The maximum atomic E-state index is 9.99. The van der Waals surface area contributed by atoms with E-state index in [1.807, 2.05) is 60.7 Å². The number of hydrogen-bond donors (Lipinski definition) is 2. The number of rotatable bonds is 2. The molecule has 0 unspecified atom stereocenters. The average Bonchev–Trinajstić information content (AvgIpc) is 3.08. The first-order valence-electron chi connectivity index (χ1n) is 5.95. The molecule has 1 heterocycles. The second kappa shape index (κ2) is 7.08. The van der Waals surface area contributed by atoms with Gasteiger partial charge in [0.25, 0.3) is 0 Å². The normalized spacial score (nSPS) is 9.79. The molecule has 0 aliphatic heterocycles. The van der Waals surface area contributed by atoms with Crippen LogP contribution in [0.4, 0.5) is 0 Å². The third kappa shape index (κ3) is 4.04. The first-order valence-corrected chi connectivity index (χ1v) is 5.95. The summed E-state index contributed by atoms with van der Waals surface area (Å²) in [6.07, 6.45) is 2.65. The van der Waals surface area contributed by atoms with Crippen molar-refractivity contribution < 1.29 is 5.11 Å². The van der Waals surface area contributed by atoms with Crippen molar-refractivity contribution in [2.75, 3.05) is 0 Å². The Morgan fingerprint density at radius 3 is 1.47 bits per heavy atom. The van der Waals surface area contributed by atoms with Crippen LogP contribution in [0.3, 0.4) is 0 Å². The van der Waals surface area contributed by atoms with E-state index in [-0.39, 0.29) is 0 Å². The summed E-state index contributed by atoms with van der Waals surface area (Å²) < 4.78 is 0. The standard InChI is InChI=1S/C13H12O.C2H3N3/c14-13(11-7-3-1-4-8-11)12-9-5-2-6-10-12;1-2-4-5-3-1/h1-10,13-14H;1-2H,(H,3,4,5). The Morgan fingerprint density at radius 1 is 0.737 bits per heavy atom. The first kappa shape index (κ1) is 13.0. The Labute approximate surface area is 111 Å². The van der Waals surface area contributed by atoms with Crippen molar-refractivity contribution in [2.24, 2.45) is 0 Å². The number of nitrogens with zero attached hydrogens (tertiary/aromatic N) is 2. The van der Waals surface area contributed by atoms with E-state index in [2.05, 4.69) is 15.4 Å². The van der Waals surface area contributed by atoms with Gasteiger partial charge in [0.2, 0.25) is 0 Å². The van der Waals surface area contributed by atoms with Gasteiger partial charge in [-0.05, 0) is 11.1 Å². The van der Waals surface area contributed by atoms with Gasteiger partial charge < -0.3 is 5.11 Å². The van der Waals surface area contributed by atoms with Crippen molar-refractivity contribution in [1.29, 1.82) is 0 Å². The van der Waals surface area contributed by atoms with Gasteiger partial charge >= 0.3 is 0 Å². The quantitative estimate of drug-likeness (QED) is 0.738. The lowest BCUT2D eigenvalue weighted by Gasteiger charge is -2.10. The Morgan fingerprint density at radius 2 is 1.16 bits per heavy atom. The molecule has 0 fully saturated rings. The summed E-state index contributed by atoms with van der Waals surface area (Å²) >= 11 is 0. The zero-order valence-electron chi connectivity index (χ0n) is 10.3. The van der Waals surface area contributed by atoms with Gasteiger partial charge in [0, 0.05) is 0 Å². The van der Waals surface area contributed by atoms with E-state index in [0.717, 1.165) is 11.1 Å². The SMILES string of the molecule is OC(c1ccccc1)c1ccccc1.c1cn[nH]n1. The predicted molar refractivity (Wildman–Crippen MR) is 73.3 cm³/mol. The molecule has 0 aliphatic rings. The van der Waals surface area contributed by atoms with E-state index in [0.29, 0.717) is 0 Å². The summed E-state index contributed by atoms with van der Waals surface area (Å²) in [5.41, 5.74) is 1.86. The van der Waals surface area contributed by atoms with Crippen molar-refractivity contribution in [1.82, 2.24) is 15.4 Å². The minimum Gasteiger partial charge on any atom is -0.384 e. The molecule has 0 spiro atoms. The molecule has 3 rings (SSSR count). The molecule has 19 heavy (non-hydrogen) atoms. The Kier molecular flexibility index (Phi) is 4.84. The van der Waals surface area contributed by atoms with Crippen LogP contribution in [0.5, 0.6) is 0 Å². The maximum Gasteiger partial charge on any atom is 0.104 e. The highest BCUT2D eigenvalue weighted by Crippen LogP contribution is 2.20. The third-order valence-electron chi connectivity index (χ3n) is 2.56. The van der Waals surface area contributed by atoms with Crippen LogP contribution in [0, 0.1) is 0 Å². The number of nitrogens with one attached hydrogen (secondary N) is 1. The minimum absolute atomic E-state index is 0.516. The molecule has 0 atom stereocenters. The molecular formula is C15H15N3O. The molecule has 2 N–H and O–H groups in total. The lowest BCUT2D eigenvalue weighted by Crippen LogP contribution is -1.98. The number of aliphatic hydroxyl groups excluding tert-OH is 1. The van der Waals surface area contributed by atoms with Gasteiger partial charge in [-0.3, -0.25) is 0 Å². The molecule has 1 aromatic heterocycles. The number of aromatic nitrogens is 3. The molecular weight excluding hydrogens is 238 g/mol. The van der Waals surface area contributed by atoms with Gasteiger partial charge in [-0.1, -0.05) is 60.7 Å². The highest BCUT2D eigenvalue weighted by molar-refractivity contribution is 5.29. The van der Waals surface area contributed by atoms with E-state index in [4.69, 9.17) is 0 Å². The summed E-state index contributed by atoms with van der Waals surface area (Å²) in [4.78, 5) is 0. The summed E-state index contributed by atoms with van der Waals surface area (Å²) in [5, 5.41) is 19.3. The largest absolute Gasteiger partial charge is 0.384 e. The molecule has 0 radical (unpaired) electrons. The summed E-state index contributed by atoms with van der Waals surface area (Å²) in [5.74, 6) is 0. The molecule has 4 heteroatoms. The van der Waals surface area contributed by atoms with Crippen LogP contribution in [0.2, 0.25) is 0 Å². The zero-order chi connectivity index (χ0) is 13.3. The minimum atomic E-state index is -0.516. The molecule has 3 aromatic rings. The molecule has 4 nitrogen and oxygen atoms in total. The van der Waals surface area contributed by atoms with Crippen molar-refractivity contribution >= 4 is 0 Å². The van der Waals surface area contributed by atoms with Crippen LogP contribution in [0.1, 0.15) is 17.2 Å². The Hall–Kier alpha value is -2.46. The number of H-pyrrole nitrogens is 1. The van der Waals surface area contributed by atoms with Gasteiger partial charge in [0.15, 0.2) is 0 Å². The van der Waals surface area contributed by atoms with E-state index in [1.165, 1.54) is 0 Å². The molecule has 0 bridgehead atoms. The van der Waals surface area contributed by atoms with Gasteiger partial charge in [0.05, 0.1) is 12.4 Å². The van der Waals surface area contributed by atoms with Crippen LogP contribution in [-0.4, -0.2) is 20.5 Å². The van der Waals surface area contributed by atoms with E-state index in [9.17, 15) is 5.11 Å². The topological polar surface area (TPSA) is 61.8 Å². The lowest BCUT2D eigenvalue weighted by atomic mass is 10.0. The van der Waals surface area contributed by atoms with Crippen molar-refractivity contribution in [3.05, 3.63) is 84.2 Å². The van der Waals surface area contributed by atoms with Gasteiger partial charge in [0.1, 0.15) is 6.10 Å². The number of aliphatic hydroxyl groups is 1. The van der Waals surface area contributed by atoms with Gasteiger partial charge in [-0.2, -0.15) is 15.4 Å². The number of aromatic amines is 1. The molecule has 0 saturated carbocycles. The van der Waals surface area contributed by atoms with E-state index >= 15 is 0 Å². The fourth-order valence-electron chi connectivity index (χ4n) is 1.63. The van der Waals surface area contributed by atoms with Crippen molar-refractivity contribution in [3.8, 4) is 0 Å². The lowest BCUT2D eigenvalue weighted by molar-refractivity contribution is 0.220. The smallest absolute Gasteiger partial charge is 0.104 e. The van der Waals surface area contributed by atoms with E-state index in [1.54, 1.807) is 12.4 Å². The fourth-order valence-corrected chi connectivity index (χ4v) is 1.63. The Bertz CT molecular complexity index is 496. The molecule has 0 saturated heterocycles. The predicted octanol–water partition coefficient (Wildman–Crippen LogP) is 2.57. The summed E-state index contributed by atoms with van der Waals surface area (Å²) in [6.45, 7) is 0. The maximum absolute atomic E-state index is 9.99. The average molecular weight is 253 g/mol. The highest BCUT2D eigenvalue weighted by Gasteiger charge is 2.07. The zero-order valence-corrected chi connectivity index (χ0v) is 10.3. The van der Waals surface area contributed by atoms with Crippen LogP contribution in [0.25, 0.3) is 0 Å². The van der Waals surface area contributed by atoms with E-state index < -0.39 is 6.10 Å². The van der Waals surface area contributed by atoms with Crippen molar-refractivity contribution in [3.63, 3.8) is 0 Å². The summed E-state index contributed by atoms with van der Waals surface area (Å²) in [6, 6.07) is 19.3. The monoisotopic (exact) mass is 253 g/mol. The number of hydrogen-bond acceptors (Lipinski definition) is 3. The second-order valence-electron chi connectivity index (χ2n) is 3.88. The van der Waals surface area contributed by atoms with Crippen LogP contribution in [-0.2, 0) is 0 Å². The molecule has 96 valence electrons. The Balaban J connectivity index is 0.000000224. The van der Waals surface area contributed by atoms with Gasteiger partial charge in [-0.25, -0.2) is 0 Å². The third-order valence-corrected chi connectivity index (χ3v) is 2.56. The van der Waals surface area contributed by atoms with Crippen molar-refractivity contribution in [2.45, 2.75) is 6.10 Å². The van der Waals surface area contributed by atoms with Crippen LogP contribution in [0.15, 0.2) is 73.1 Å². The fraction of sp³-hybridized carbons (Fsp3) is 0.0667.